The fraction of sp³-hybridized carbons (Fsp3) is 0.263. The van der Waals surface area contributed by atoms with Crippen molar-refractivity contribution in [2.75, 3.05) is 13.2 Å². The van der Waals surface area contributed by atoms with E-state index in [4.69, 9.17) is 9.47 Å². The van der Waals surface area contributed by atoms with Crippen molar-refractivity contribution in [2.24, 2.45) is 5.10 Å². The standard InChI is InChI=1S/C19H21BrN2O4/c1-4-25-15-6-5-14(17(23)9-15)10-21-22-18(24)11-26-19-13(3)7-12(2)8-16(19)20/h5-10,23H,4,11H2,1-3H3,(H,22,24). The molecule has 2 N–H and O–H groups in total. The van der Waals surface area contributed by atoms with E-state index in [1.165, 1.54) is 12.3 Å². The summed E-state index contributed by atoms with van der Waals surface area (Å²) in [4.78, 5) is 11.9. The molecule has 2 aromatic rings. The molecule has 0 aromatic heterocycles. The van der Waals surface area contributed by atoms with Crippen molar-refractivity contribution in [3.05, 3.63) is 51.5 Å². The molecule has 0 fully saturated rings. The molecule has 2 rings (SSSR count). The van der Waals surface area contributed by atoms with Gasteiger partial charge < -0.3 is 14.6 Å². The highest BCUT2D eigenvalue weighted by Crippen LogP contribution is 2.30. The van der Waals surface area contributed by atoms with E-state index in [0.717, 1.165) is 15.6 Å². The number of hydrogen-bond acceptors (Lipinski definition) is 5. The number of aromatic hydroxyl groups is 1. The Balaban J connectivity index is 1.90. The predicted octanol–water partition coefficient (Wildman–Crippen LogP) is 3.70. The van der Waals surface area contributed by atoms with E-state index in [9.17, 15) is 9.90 Å². The van der Waals surface area contributed by atoms with E-state index in [1.54, 1.807) is 12.1 Å². The number of phenols is 1. The third kappa shape index (κ3) is 5.49. The van der Waals surface area contributed by atoms with Gasteiger partial charge in [-0.15, -0.1) is 0 Å². The maximum atomic E-state index is 11.9. The summed E-state index contributed by atoms with van der Waals surface area (Å²) < 4.78 is 11.6. The molecule has 0 spiro atoms. The monoisotopic (exact) mass is 420 g/mol. The van der Waals surface area contributed by atoms with Gasteiger partial charge in [0.05, 0.1) is 17.3 Å². The molecule has 26 heavy (non-hydrogen) atoms. The largest absolute Gasteiger partial charge is 0.507 e. The van der Waals surface area contributed by atoms with Gasteiger partial charge in [-0.1, -0.05) is 6.07 Å². The third-order valence-electron chi connectivity index (χ3n) is 3.43. The highest BCUT2D eigenvalue weighted by Gasteiger charge is 2.09. The summed E-state index contributed by atoms with van der Waals surface area (Å²) in [7, 11) is 0. The first kappa shape index (κ1) is 19.8. The number of nitrogens with zero attached hydrogens (tertiary/aromatic N) is 1. The summed E-state index contributed by atoms with van der Waals surface area (Å²) in [6.45, 7) is 6.10. The zero-order chi connectivity index (χ0) is 19.1. The lowest BCUT2D eigenvalue weighted by Gasteiger charge is -2.11. The van der Waals surface area contributed by atoms with Gasteiger partial charge in [-0.05, 0) is 66.0 Å². The minimum atomic E-state index is -0.404. The number of hydrazone groups is 1. The molecular formula is C19H21BrN2O4. The molecule has 0 atom stereocenters. The number of halogens is 1. The van der Waals surface area contributed by atoms with Crippen LogP contribution in [0.3, 0.4) is 0 Å². The van der Waals surface area contributed by atoms with Crippen molar-refractivity contribution in [1.82, 2.24) is 5.43 Å². The van der Waals surface area contributed by atoms with E-state index in [0.29, 0.717) is 23.7 Å². The van der Waals surface area contributed by atoms with Crippen LogP contribution >= 0.6 is 15.9 Å². The lowest BCUT2D eigenvalue weighted by Crippen LogP contribution is -2.24. The molecule has 0 saturated heterocycles. The number of hydrogen-bond donors (Lipinski definition) is 2. The Kier molecular flexibility index (Phi) is 7.03. The minimum Gasteiger partial charge on any atom is -0.507 e. The van der Waals surface area contributed by atoms with E-state index in [2.05, 4.69) is 26.5 Å². The van der Waals surface area contributed by atoms with Gasteiger partial charge in [-0.25, -0.2) is 5.43 Å². The summed E-state index contributed by atoms with van der Waals surface area (Å²) in [6.07, 6.45) is 1.36. The van der Waals surface area contributed by atoms with Crippen LogP contribution in [0.5, 0.6) is 17.2 Å². The SMILES string of the molecule is CCOc1ccc(C=NNC(=O)COc2c(C)cc(C)cc2Br)c(O)c1. The molecule has 2 aromatic carbocycles. The molecule has 0 bridgehead atoms. The van der Waals surface area contributed by atoms with E-state index >= 15 is 0 Å². The van der Waals surface area contributed by atoms with Crippen molar-refractivity contribution < 1.29 is 19.4 Å². The van der Waals surface area contributed by atoms with Crippen LogP contribution in [0.15, 0.2) is 39.9 Å². The summed E-state index contributed by atoms with van der Waals surface area (Å²) in [5.41, 5.74) is 4.87. The Morgan fingerprint density at radius 2 is 2.04 bits per heavy atom. The molecule has 0 unspecified atom stereocenters. The Hall–Kier alpha value is -2.54. The maximum Gasteiger partial charge on any atom is 0.277 e. The molecular weight excluding hydrogens is 400 g/mol. The normalized spacial score (nSPS) is 10.8. The summed E-state index contributed by atoms with van der Waals surface area (Å²) in [5, 5.41) is 13.7. The molecule has 0 radical (unpaired) electrons. The number of benzene rings is 2. The van der Waals surface area contributed by atoms with Gasteiger partial charge in [0.25, 0.3) is 5.91 Å². The van der Waals surface area contributed by atoms with Crippen molar-refractivity contribution in [1.29, 1.82) is 0 Å². The van der Waals surface area contributed by atoms with Gasteiger partial charge in [-0.3, -0.25) is 4.79 Å². The van der Waals surface area contributed by atoms with Gasteiger partial charge in [0.1, 0.15) is 17.2 Å². The lowest BCUT2D eigenvalue weighted by molar-refractivity contribution is -0.123. The van der Waals surface area contributed by atoms with Crippen LogP contribution in [-0.4, -0.2) is 30.4 Å². The van der Waals surface area contributed by atoms with E-state index < -0.39 is 5.91 Å². The average Bonchev–Trinajstić information content (AvgIpc) is 2.56. The molecule has 0 heterocycles. The fourth-order valence-electron chi connectivity index (χ4n) is 2.32. The molecule has 0 aliphatic rings. The predicted molar refractivity (Wildman–Crippen MR) is 104 cm³/mol. The number of ether oxygens (including phenoxy) is 2. The molecule has 0 saturated carbocycles. The topological polar surface area (TPSA) is 80.2 Å². The first-order chi connectivity index (χ1) is 12.4. The van der Waals surface area contributed by atoms with Crippen LogP contribution in [0.1, 0.15) is 23.6 Å². The molecule has 1 amide bonds. The zero-order valence-electron chi connectivity index (χ0n) is 14.9. The maximum absolute atomic E-state index is 11.9. The third-order valence-corrected chi connectivity index (χ3v) is 4.02. The Morgan fingerprint density at radius 3 is 2.69 bits per heavy atom. The molecule has 0 aliphatic carbocycles. The zero-order valence-corrected chi connectivity index (χ0v) is 16.5. The van der Waals surface area contributed by atoms with Crippen LogP contribution in [0.4, 0.5) is 0 Å². The summed E-state index contributed by atoms with van der Waals surface area (Å²) in [6, 6.07) is 8.76. The number of phenolic OH excluding ortho intramolecular Hbond substituents is 1. The Labute approximate surface area is 161 Å². The number of amides is 1. The van der Waals surface area contributed by atoms with E-state index in [1.807, 2.05) is 32.9 Å². The molecule has 6 nitrogen and oxygen atoms in total. The summed E-state index contributed by atoms with van der Waals surface area (Å²) >= 11 is 3.43. The van der Waals surface area contributed by atoms with Crippen molar-refractivity contribution >= 4 is 28.1 Å². The van der Waals surface area contributed by atoms with Gasteiger partial charge in [0.15, 0.2) is 6.61 Å². The van der Waals surface area contributed by atoms with Crippen molar-refractivity contribution in [2.45, 2.75) is 20.8 Å². The minimum absolute atomic E-state index is 0.0180. The first-order valence-corrected chi connectivity index (χ1v) is 8.87. The van der Waals surface area contributed by atoms with Crippen LogP contribution < -0.4 is 14.9 Å². The number of carbonyl (C=O) groups is 1. The van der Waals surface area contributed by atoms with Crippen molar-refractivity contribution in [3.8, 4) is 17.2 Å². The number of aryl methyl sites for hydroxylation is 2. The molecule has 138 valence electrons. The smallest absolute Gasteiger partial charge is 0.277 e. The summed E-state index contributed by atoms with van der Waals surface area (Å²) in [5.74, 6) is 0.806. The second-order valence-corrected chi connectivity index (χ2v) is 6.48. The number of rotatable bonds is 7. The Bertz CT molecular complexity index is 798. The van der Waals surface area contributed by atoms with Crippen LogP contribution in [-0.2, 0) is 4.79 Å². The number of nitrogens with one attached hydrogen (secondary N) is 1. The fourth-order valence-corrected chi connectivity index (χ4v) is 3.11. The quantitative estimate of drug-likeness (QED) is 0.528. The van der Waals surface area contributed by atoms with Gasteiger partial charge in [-0.2, -0.15) is 5.10 Å². The Morgan fingerprint density at radius 1 is 1.27 bits per heavy atom. The van der Waals surface area contributed by atoms with Crippen LogP contribution in [0.25, 0.3) is 0 Å². The van der Waals surface area contributed by atoms with E-state index in [-0.39, 0.29) is 12.4 Å². The van der Waals surface area contributed by atoms with Crippen LogP contribution in [0, 0.1) is 13.8 Å². The average molecular weight is 421 g/mol. The van der Waals surface area contributed by atoms with Gasteiger partial charge >= 0.3 is 0 Å². The van der Waals surface area contributed by atoms with Crippen molar-refractivity contribution in [3.63, 3.8) is 0 Å². The van der Waals surface area contributed by atoms with Gasteiger partial charge in [0, 0.05) is 11.6 Å². The lowest BCUT2D eigenvalue weighted by atomic mass is 10.1. The highest BCUT2D eigenvalue weighted by molar-refractivity contribution is 9.10. The number of carbonyl (C=O) groups excluding carboxylic acids is 1. The molecule has 0 aliphatic heterocycles. The van der Waals surface area contributed by atoms with Crippen LogP contribution in [0.2, 0.25) is 0 Å². The molecule has 7 heteroatoms. The second kappa shape index (κ2) is 9.24. The second-order valence-electron chi connectivity index (χ2n) is 5.63. The highest BCUT2D eigenvalue weighted by atomic mass is 79.9. The first-order valence-electron chi connectivity index (χ1n) is 8.08. The van der Waals surface area contributed by atoms with Gasteiger partial charge in [0.2, 0.25) is 0 Å².